The van der Waals surface area contributed by atoms with Crippen LogP contribution in [0.3, 0.4) is 0 Å². The Kier molecular flexibility index (Phi) is 4.70. The van der Waals surface area contributed by atoms with Gasteiger partial charge in [-0.25, -0.2) is 4.98 Å². The molecule has 0 bridgehead atoms. The number of aromatic nitrogens is 1. The Labute approximate surface area is 121 Å². The first-order valence-electron chi connectivity index (χ1n) is 5.38. The van der Waals surface area contributed by atoms with E-state index in [0.29, 0.717) is 22.5 Å². The average Bonchev–Trinajstić information content (AvgIpc) is 2.41. The summed E-state index contributed by atoms with van der Waals surface area (Å²) < 4.78 is 0. The van der Waals surface area contributed by atoms with Crippen LogP contribution in [0.25, 0.3) is 0 Å². The molecule has 0 atom stereocenters. The molecule has 1 aromatic carbocycles. The first-order valence-corrected chi connectivity index (χ1v) is 6.67. The van der Waals surface area contributed by atoms with Crippen LogP contribution in [-0.4, -0.2) is 4.98 Å². The van der Waals surface area contributed by atoms with E-state index < -0.39 is 0 Å². The van der Waals surface area contributed by atoms with Crippen LogP contribution in [0.15, 0.2) is 36.5 Å². The lowest BCUT2D eigenvalue weighted by Gasteiger charge is -2.07. The lowest BCUT2D eigenvalue weighted by Crippen LogP contribution is -2.01. The molecule has 0 unspecified atom stereocenters. The van der Waals surface area contributed by atoms with E-state index in [2.05, 4.69) is 10.3 Å². The van der Waals surface area contributed by atoms with Crippen LogP contribution in [0.1, 0.15) is 11.1 Å². The third-order valence-electron chi connectivity index (χ3n) is 2.44. The summed E-state index contributed by atoms with van der Waals surface area (Å²) in [5.74, 6) is 1.27. The third-order valence-corrected chi connectivity index (χ3v) is 3.48. The molecule has 1 heterocycles. The van der Waals surface area contributed by atoms with Crippen LogP contribution in [0.4, 0.5) is 5.82 Å². The second-order valence-electron chi connectivity index (χ2n) is 3.79. The van der Waals surface area contributed by atoms with Gasteiger partial charge in [-0.3, -0.25) is 0 Å². The number of nitrogens with zero attached hydrogens (tertiary/aromatic N) is 1. The van der Waals surface area contributed by atoms with E-state index >= 15 is 0 Å². The van der Waals surface area contributed by atoms with Crippen LogP contribution < -0.4 is 5.32 Å². The lowest BCUT2D eigenvalue weighted by molar-refractivity contribution is 1.10. The molecule has 0 saturated carbocycles. The third kappa shape index (κ3) is 3.52. The van der Waals surface area contributed by atoms with Gasteiger partial charge in [-0.05, 0) is 29.3 Å². The topological polar surface area (TPSA) is 24.9 Å². The molecule has 0 fully saturated rings. The zero-order valence-electron chi connectivity index (χ0n) is 9.46. The van der Waals surface area contributed by atoms with Gasteiger partial charge in [0.05, 0.1) is 10.0 Å². The summed E-state index contributed by atoms with van der Waals surface area (Å²) in [4.78, 5) is 4.25. The van der Waals surface area contributed by atoms with Crippen molar-refractivity contribution in [2.75, 3.05) is 5.32 Å². The first-order chi connectivity index (χ1) is 8.69. The Balaban J connectivity index is 1.99. The minimum atomic E-state index is 0.472. The highest BCUT2D eigenvalue weighted by atomic mass is 35.5. The highest BCUT2D eigenvalue weighted by Crippen LogP contribution is 2.22. The summed E-state index contributed by atoms with van der Waals surface area (Å²) in [5.41, 5.74) is 2.05. The van der Waals surface area contributed by atoms with Crippen molar-refractivity contribution in [1.82, 2.24) is 4.98 Å². The number of hydrogen-bond acceptors (Lipinski definition) is 2. The van der Waals surface area contributed by atoms with Gasteiger partial charge < -0.3 is 5.32 Å². The van der Waals surface area contributed by atoms with Crippen LogP contribution >= 0.6 is 34.8 Å². The quantitative estimate of drug-likeness (QED) is 0.825. The molecule has 0 aliphatic heterocycles. The van der Waals surface area contributed by atoms with E-state index in [4.69, 9.17) is 34.8 Å². The lowest BCUT2D eigenvalue weighted by atomic mass is 10.2. The van der Waals surface area contributed by atoms with Crippen molar-refractivity contribution in [2.45, 2.75) is 12.4 Å². The van der Waals surface area contributed by atoms with Gasteiger partial charge in [0.25, 0.3) is 0 Å². The highest BCUT2D eigenvalue weighted by molar-refractivity contribution is 6.42. The summed E-state index contributed by atoms with van der Waals surface area (Å²) in [6.45, 7) is 0.643. The fraction of sp³-hybridized carbons (Fsp3) is 0.154. The van der Waals surface area contributed by atoms with Crippen LogP contribution in [0.5, 0.6) is 0 Å². The number of halogens is 3. The summed E-state index contributed by atoms with van der Waals surface area (Å²) in [7, 11) is 0. The van der Waals surface area contributed by atoms with E-state index in [-0.39, 0.29) is 0 Å². The molecule has 0 spiro atoms. The minimum Gasteiger partial charge on any atom is -0.366 e. The Hall–Kier alpha value is -0.960. The molecule has 0 aliphatic carbocycles. The molecule has 0 amide bonds. The molecule has 94 valence electrons. The van der Waals surface area contributed by atoms with Gasteiger partial charge in [-0.15, -0.1) is 11.6 Å². The zero-order chi connectivity index (χ0) is 13.0. The second-order valence-corrected chi connectivity index (χ2v) is 4.87. The first kappa shape index (κ1) is 13.5. The fourth-order valence-corrected chi connectivity index (χ4v) is 1.93. The Morgan fingerprint density at radius 2 is 1.78 bits per heavy atom. The predicted molar refractivity (Wildman–Crippen MR) is 77.6 cm³/mol. The van der Waals surface area contributed by atoms with E-state index in [9.17, 15) is 0 Å². The maximum atomic E-state index is 5.95. The molecular formula is C13H11Cl3N2. The van der Waals surface area contributed by atoms with E-state index in [1.165, 1.54) is 0 Å². The van der Waals surface area contributed by atoms with Crippen molar-refractivity contribution in [2.24, 2.45) is 0 Å². The molecule has 0 saturated heterocycles. The summed E-state index contributed by atoms with van der Waals surface area (Å²) in [6.07, 6.45) is 1.75. The van der Waals surface area contributed by atoms with Gasteiger partial charge >= 0.3 is 0 Å². The van der Waals surface area contributed by atoms with Gasteiger partial charge in [0.2, 0.25) is 0 Å². The molecule has 0 radical (unpaired) electrons. The van der Waals surface area contributed by atoms with Gasteiger partial charge in [0.1, 0.15) is 5.82 Å². The fourth-order valence-electron chi connectivity index (χ4n) is 1.45. The Morgan fingerprint density at radius 1 is 1.00 bits per heavy atom. The van der Waals surface area contributed by atoms with Crippen molar-refractivity contribution in [3.63, 3.8) is 0 Å². The number of pyridine rings is 1. The molecule has 2 nitrogen and oxygen atoms in total. The molecule has 0 aliphatic rings. The van der Waals surface area contributed by atoms with Gasteiger partial charge in [0, 0.05) is 18.6 Å². The van der Waals surface area contributed by atoms with Crippen LogP contribution in [0, 0.1) is 0 Å². The average molecular weight is 302 g/mol. The highest BCUT2D eigenvalue weighted by Gasteiger charge is 2.00. The summed E-state index contributed by atoms with van der Waals surface area (Å²) >= 11 is 17.5. The molecule has 5 heteroatoms. The maximum Gasteiger partial charge on any atom is 0.126 e. The summed E-state index contributed by atoms with van der Waals surface area (Å²) in [5, 5.41) is 4.32. The molecule has 1 N–H and O–H groups in total. The van der Waals surface area contributed by atoms with Crippen molar-refractivity contribution in [3.8, 4) is 0 Å². The van der Waals surface area contributed by atoms with Crippen molar-refractivity contribution in [3.05, 3.63) is 57.7 Å². The number of anilines is 1. The van der Waals surface area contributed by atoms with Crippen LogP contribution in [0.2, 0.25) is 10.0 Å². The molecule has 18 heavy (non-hydrogen) atoms. The van der Waals surface area contributed by atoms with Gasteiger partial charge in [-0.2, -0.15) is 0 Å². The largest absolute Gasteiger partial charge is 0.366 e. The molecular weight excluding hydrogens is 291 g/mol. The zero-order valence-corrected chi connectivity index (χ0v) is 11.7. The van der Waals surface area contributed by atoms with Gasteiger partial charge in [-0.1, -0.05) is 35.3 Å². The van der Waals surface area contributed by atoms with Crippen molar-refractivity contribution >= 4 is 40.6 Å². The van der Waals surface area contributed by atoms with E-state index in [0.717, 1.165) is 16.9 Å². The Morgan fingerprint density at radius 3 is 2.39 bits per heavy atom. The predicted octanol–water partition coefficient (Wildman–Crippen LogP) is 4.74. The smallest absolute Gasteiger partial charge is 0.126 e. The molecule has 2 aromatic rings. The van der Waals surface area contributed by atoms with Gasteiger partial charge in [0.15, 0.2) is 0 Å². The number of rotatable bonds is 4. The minimum absolute atomic E-state index is 0.472. The molecule has 2 rings (SSSR count). The monoisotopic (exact) mass is 300 g/mol. The number of nitrogens with one attached hydrogen (secondary N) is 1. The SMILES string of the molecule is ClCc1ccc(NCc2ccc(Cl)c(Cl)c2)nc1. The maximum absolute atomic E-state index is 5.95. The number of benzene rings is 1. The standard InChI is InChI=1S/C13H11Cl3N2/c14-6-10-2-4-13(18-8-10)17-7-9-1-3-11(15)12(16)5-9/h1-5,8H,6-7H2,(H,17,18). The summed E-state index contributed by atoms with van der Waals surface area (Å²) in [6, 6.07) is 9.38. The second kappa shape index (κ2) is 6.28. The van der Waals surface area contributed by atoms with Crippen LogP contribution in [-0.2, 0) is 12.4 Å². The normalized spacial score (nSPS) is 10.4. The molecule has 1 aromatic heterocycles. The van der Waals surface area contributed by atoms with Crippen molar-refractivity contribution in [1.29, 1.82) is 0 Å². The number of hydrogen-bond donors (Lipinski definition) is 1. The Bertz CT molecular complexity index is 526. The van der Waals surface area contributed by atoms with E-state index in [1.807, 2.05) is 24.3 Å². The van der Waals surface area contributed by atoms with E-state index in [1.54, 1.807) is 12.3 Å². The van der Waals surface area contributed by atoms with Crippen molar-refractivity contribution < 1.29 is 0 Å². The number of alkyl halides is 1.